The van der Waals surface area contributed by atoms with Crippen LogP contribution in [0.1, 0.15) is 5.56 Å². The van der Waals surface area contributed by atoms with Crippen molar-refractivity contribution >= 4 is 11.5 Å². The molecule has 1 rings (SSSR count). The van der Waals surface area contributed by atoms with Crippen molar-refractivity contribution in [3.05, 3.63) is 17.1 Å². The van der Waals surface area contributed by atoms with Crippen molar-refractivity contribution in [2.45, 2.75) is 0 Å². The van der Waals surface area contributed by atoms with Gasteiger partial charge in [0.05, 0.1) is 18.3 Å². The van der Waals surface area contributed by atoms with Crippen molar-refractivity contribution in [3.8, 4) is 11.8 Å². The van der Waals surface area contributed by atoms with Gasteiger partial charge < -0.3 is 5.32 Å². The molecule has 1 N–H and O–H groups in total. The van der Waals surface area contributed by atoms with E-state index in [2.05, 4.69) is 21.5 Å². The van der Waals surface area contributed by atoms with E-state index < -0.39 is 0 Å². The first-order valence-corrected chi connectivity index (χ1v) is 3.80. The largest absolute Gasteiger partial charge is 0.309 e. The maximum Gasteiger partial charge on any atom is 0.0577 e. The van der Waals surface area contributed by atoms with E-state index in [9.17, 15) is 0 Å². The van der Waals surface area contributed by atoms with E-state index in [1.54, 1.807) is 6.20 Å². The average molecular weight is 152 g/mol. The molecule has 0 aliphatic carbocycles. The summed E-state index contributed by atoms with van der Waals surface area (Å²) in [5.74, 6) is 5.90. The van der Waals surface area contributed by atoms with E-state index >= 15 is 0 Å². The molecule has 2 nitrogen and oxygen atoms in total. The lowest BCUT2D eigenvalue weighted by Gasteiger charge is -1.80. The van der Waals surface area contributed by atoms with Crippen molar-refractivity contribution in [2.75, 3.05) is 13.6 Å². The summed E-state index contributed by atoms with van der Waals surface area (Å²) < 4.78 is 3.92. The molecule has 0 saturated carbocycles. The molecule has 0 unspecified atom stereocenters. The number of hydrogen-bond donors (Lipinski definition) is 1. The molecule has 1 aromatic heterocycles. The molecule has 0 radical (unpaired) electrons. The van der Waals surface area contributed by atoms with Crippen LogP contribution in [0.3, 0.4) is 0 Å². The fraction of sp³-hybridized carbons (Fsp3) is 0.286. The fourth-order valence-corrected chi connectivity index (χ4v) is 0.970. The summed E-state index contributed by atoms with van der Waals surface area (Å²) in [5, 5.41) is 4.87. The topological polar surface area (TPSA) is 24.9 Å². The highest BCUT2D eigenvalue weighted by Crippen LogP contribution is 1.97. The quantitative estimate of drug-likeness (QED) is 0.600. The van der Waals surface area contributed by atoms with Crippen molar-refractivity contribution in [1.82, 2.24) is 9.69 Å². The zero-order valence-corrected chi connectivity index (χ0v) is 6.53. The Morgan fingerprint density at radius 3 is 3.30 bits per heavy atom. The van der Waals surface area contributed by atoms with E-state index in [0.717, 1.165) is 12.1 Å². The van der Waals surface area contributed by atoms with E-state index in [1.807, 2.05) is 12.4 Å². The molecular weight excluding hydrogens is 144 g/mol. The minimum atomic E-state index is 0.732. The first-order chi connectivity index (χ1) is 4.93. The highest BCUT2D eigenvalue weighted by molar-refractivity contribution is 7.03. The van der Waals surface area contributed by atoms with Gasteiger partial charge in [-0.1, -0.05) is 11.8 Å². The van der Waals surface area contributed by atoms with Crippen LogP contribution < -0.4 is 5.32 Å². The zero-order valence-electron chi connectivity index (χ0n) is 5.72. The molecule has 0 aliphatic heterocycles. The Morgan fingerprint density at radius 1 is 1.80 bits per heavy atom. The van der Waals surface area contributed by atoms with Crippen molar-refractivity contribution in [1.29, 1.82) is 0 Å². The van der Waals surface area contributed by atoms with Crippen LogP contribution in [-0.2, 0) is 0 Å². The molecule has 0 saturated heterocycles. The van der Waals surface area contributed by atoms with E-state index in [0.29, 0.717) is 0 Å². The molecule has 1 aromatic rings. The van der Waals surface area contributed by atoms with Crippen LogP contribution in [0.2, 0.25) is 0 Å². The smallest absolute Gasteiger partial charge is 0.0577 e. The number of aromatic nitrogens is 1. The standard InChI is InChI=1S/C7H8N2S/c1-8-4-2-3-7-5-9-10-6-7/h5-6,8H,4H2,1H3. The fourth-order valence-electron chi connectivity index (χ4n) is 0.501. The van der Waals surface area contributed by atoms with Gasteiger partial charge in [-0.25, -0.2) is 0 Å². The maximum absolute atomic E-state index is 3.92. The Morgan fingerprint density at radius 2 is 2.70 bits per heavy atom. The third-order valence-electron chi connectivity index (χ3n) is 0.930. The number of rotatable bonds is 1. The van der Waals surface area contributed by atoms with Gasteiger partial charge in [-0.15, -0.1) is 0 Å². The monoisotopic (exact) mass is 152 g/mol. The molecule has 1 heterocycles. The maximum atomic E-state index is 3.92. The Kier molecular flexibility index (Phi) is 2.94. The lowest BCUT2D eigenvalue weighted by atomic mass is 10.4. The molecule has 3 heteroatoms. The second kappa shape index (κ2) is 4.04. The lowest BCUT2D eigenvalue weighted by Crippen LogP contribution is -2.04. The van der Waals surface area contributed by atoms with Crippen LogP contribution in [0.4, 0.5) is 0 Å². The average Bonchev–Trinajstić information content (AvgIpc) is 2.41. The summed E-state index contributed by atoms with van der Waals surface area (Å²) >= 11 is 1.42. The summed E-state index contributed by atoms with van der Waals surface area (Å²) in [7, 11) is 1.88. The predicted molar refractivity (Wildman–Crippen MR) is 42.9 cm³/mol. The lowest BCUT2D eigenvalue weighted by molar-refractivity contribution is 0.938. The summed E-state index contributed by atoms with van der Waals surface area (Å²) in [6.45, 7) is 0.732. The van der Waals surface area contributed by atoms with Gasteiger partial charge in [-0.3, -0.25) is 0 Å². The summed E-state index contributed by atoms with van der Waals surface area (Å²) in [6.07, 6.45) is 1.77. The Hall–Kier alpha value is -0.850. The van der Waals surface area contributed by atoms with Crippen molar-refractivity contribution in [2.24, 2.45) is 0 Å². The molecule has 0 amide bonds. The van der Waals surface area contributed by atoms with Crippen molar-refractivity contribution in [3.63, 3.8) is 0 Å². The minimum Gasteiger partial charge on any atom is -0.309 e. The van der Waals surface area contributed by atoms with Gasteiger partial charge in [0.25, 0.3) is 0 Å². The van der Waals surface area contributed by atoms with Crippen LogP contribution in [0, 0.1) is 11.8 Å². The van der Waals surface area contributed by atoms with Crippen LogP contribution in [0.25, 0.3) is 0 Å². The summed E-state index contributed by atoms with van der Waals surface area (Å²) in [4.78, 5) is 0. The van der Waals surface area contributed by atoms with Crippen LogP contribution in [0.5, 0.6) is 0 Å². The SMILES string of the molecule is CNCC#Cc1cnsc1. The van der Waals surface area contributed by atoms with E-state index in [1.165, 1.54) is 11.5 Å². The third kappa shape index (κ3) is 2.18. The second-order valence-electron chi connectivity index (χ2n) is 1.75. The highest BCUT2D eigenvalue weighted by atomic mass is 32.1. The normalized spacial score (nSPS) is 8.50. The molecule has 0 aliphatic rings. The number of nitrogens with zero attached hydrogens (tertiary/aromatic N) is 1. The van der Waals surface area contributed by atoms with Crippen LogP contribution in [-0.4, -0.2) is 18.0 Å². The zero-order chi connectivity index (χ0) is 7.23. The van der Waals surface area contributed by atoms with Gasteiger partial charge in [0.15, 0.2) is 0 Å². The van der Waals surface area contributed by atoms with Gasteiger partial charge in [0.1, 0.15) is 0 Å². The molecular formula is C7H8N2S. The number of nitrogens with one attached hydrogen (secondary N) is 1. The Bertz CT molecular complexity index is 230. The molecule has 0 bridgehead atoms. The molecule has 52 valence electrons. The molecule has 10 heavy (non-hydrogen) atoms. The Labute approximate surface area is 64.4 Å². The van der Waals surface area contributed by atoms with Gasteiger partial charge in [0.2, 0.25) is 0 Å². The van der Waals surface area contributed by atoms with Gasteiger partial charge in [0, 0.05) is 5.38 Å². The summed E-state index contributed by atoms with van der Waals surface area (Å²) in [6, 6.07) is 0. The predicted octanol–water partition coefficient (Wildman–Crippen LogP) is 0.714. The molecule has 0 spiro atoms. The first kappa shape index (κ1) is 7.26. The van der Waals surface area contributed by atoms with E-state index in [4.69, 9.17) is 0 Å². The third-order valence-corrected chi connectivity index (χ3v) is 1.52. The molecule has 0 atom stereocenters. The van der Waals surface area contributed by atoms with Crippen LogP contribution in [0.15, 0.2) is 11.6 Å². The minimum absolute atomic E-state index is 0.732. The molecule has 0 aromatic carbocycles. The second-order valence-corrected chi connectivity index (χ2v) is 2.40. The van der Waals surface area contributed by atoms with Crippen LogP contribution >= 0.6 is 11.5 Å². The molecule has 0 fully saturated rings. The highest BCUT2D eigenvalue weighted by Gasteiger charge is 1.83. The Balaban J connectivity index is 2.49. The number of hydrogen-bond acceptors (Lipinski definition) is 3. The van der Waals surface area contributed by atoms with Gasteiger partial charge in [-0.2, -0.15) is 4.37 Å². The summed E-state index contributed by atoms with van der Waals surface area (Å²) in [5.41, 5.74) is 1.00. The first-order valence-electron chi connectivity index (χ1n) is 2.96. The van der Waals surface area contributed by atoms with E-state index in [-0.39, 0.29) is 0 Å². The van der Waals surface area contributed by atoms with Gasteiger partial charge in [-0.05, 0) is 18.6 Å². The van der Waals surface area contributed by atoms with Gasteiger partial charge >= 0.3 is 0 Å². The van der Waals surface area contributed by atoms with Crippen molar-refractivity contribution < 1.29 is 0 Å².